The van der Waals surface area contributed by atoms with Crippen molar-refractivity contribution >= 4 is 43.8 Å². The van der Waals surface area contributed by atoms with Gasteiger partial charge in [-0.2, -0.15) is 0 Å². The van der Waals surface area contributed by atoms with Gasteiger partial charge in [-0.25, -0.2) is 34.0 Å². The molecule has 7 heterocycles. The molecule has 22 nitrogen and oxygen atoms in total. The number of rotatable bonds is 4. The van der Waals surface area contributed by atoms with Gasteiger partial charge in [0.15, 0.2) is 35.1 Å². The minimum Gasteiger partial charge on any atom is -0.386 e. The molecular formula is C23H29N9O13P2. The summed E-state index contributed by atoms with van der Waals surface area (Å²) < 4.78 is 68.7. The van der Waals surface area contributed by atoms with E-state index in [1.807, 2.05) is 0 Å². The molecule has 0 radical (unpaired) electrons. The summed E-state index contributed by atoms with van der Waals surface area (Å²) in [6.45, 7) is 1.83. The van der Waals surface area contributed by atoms with Gasteiger partial charge in [-0.15, -0.1) is 0 Å². The number of aliphatic hydroxyl groups excluding tert-OH is 1. The van der Waals surface area contributed by atoms with E-state index in [0.29, 0.717) is 0 Å². The number of fused-ring (bicyclic) bond motifs is 5. The molecule has 0 saturated carbocycles. The highest BCUT2D eigenvalue weighted by atomic mass is 31.2. The zero-order valence-corrected chi connectivity index (χ0v) is 26.3. The van der Waals surface area contributed by atoms with Crippen LogP contribution in [0.1, 0.15) is 25.2 Å². The highest BCUT2D eigenvalue weighted by Gasteiger charge is 2.54. The van der Waals surface area contributed by atoms with E-state index >= 15 is 0 Å². The molecular weight excluding hydrogens is 672 g/mol. The summed E-state index contributed by atoms with van der Waals surface area (Å²) in [5.41, 5.74) is 5.70. The molecule has 6 N–H and O–H groups in total. The van der Waals surface area contributed by atoms with E-state index in [-0.39, 0.29) is 40.6 Å². The number of nitrogen functional groups attached to an aromatic ring is 1. The van der Waals surface area contributed by atoms with Gasteiger partial charge < -0.3 is 39.8 Å². The van der Waals surface area contributed by atoms with Gasteiger partial charge in [0.25, 0.3) is 5.56 Å². The Balaban J connectivity index is 1.23. The van der Waals surface area contributed by atoms with Crippen molar-refractivity contribution in [3.8, 4) is 0 Å². The summed E-state index contributed by atoms with van der Waals surface area (Å²) in [5, 5.41) is 11.2. The van der Waals surface area contributed by atoms with E-state index in [1.54, 1.807) is 13.8 Å². The van der Waals surface area contributed by atoms with Gasteiger partial charge in [-0.3, -0.25) is 32.0 Å². The standard InChI is InChI=1S/C23H29N9O13P2/c1-3-39-16-11-5-41-46(35,36)44-15-10(42-22(14(15)33)31-7-27-12-18(24)25-6-26-19(12)31)4-40-47(37,38)45-17(16)23(43-11)32-8-28-13-20(32)29-9(2)30-21(13)34/h6-8,10-11,14-17,22-23,33H,3-5H2,1-2H3,(H,35,36)(H,37,38)(H2,24,25,26)(H,29,30,34)/t10-,11-,14?,15+,16+,17?,22-,23-/m1/s1. The summed E-state index contributed by atoms with van der Waals surface area (Å²) in [7, 11) is -10.0. The summed E-state index contributed by atoms with van der Waals surface area (Å²) in [6, 6.07) is 0. The largest absolute Gasteiger partial charge is 0.472 e. The molecule has 0 aromatic carbocycles. The number of hydrogen-bond acceptors (Lipinski definition) is 17. The molecule has 0 aliphatic carbocycles. The third-order valence-corrected chi connectivity index (χ3v) is 9.72. The van der Waals surface area contributed by atoms with Crippen LogP contribution in [0.2, 0.25) is 0 Å². The van der Waals surface area contributed by atoms with E-state index in [0.717, 1.165) is 0 Å². The SMILES string of the molecule is CCO[C@@H]1C2OP(=O)(O)OC[C@H]3O[C@@H](n4cnc5c(N)ncnc54)C(O)[C@H]3OP(=O)(O)OC[C@H]1O[C@H]2n1cnc2c(=O)[nH]c(C)nc21. The minimum atomic E-state index is -5.03. The molecule has 4 aromatic heterocycles. The van der Waals surface area contributed by atoms with Gasteiger partial charge in [0.1, 0.15) is 54.3 Å². The first-order valence-corrected chi connectivity index (χ1v) is 17.1. The molecule has 254 valence electrons. The number of nitrogens with zero attached hydrogens (tertiary/aromatic N) is 7. The molecule has 3 aliphatic heterocycles. The van der Waals surface area contributed by atoms with E-state index in [2.05, 4.69) is 29.9 Å². The Labute approximate surface area is 263 Å². The van der Waals surface area contributed by atoms with Crippen LogP contribution in [0.3, 0.4) is 0 Å². The second kappa shape index (κ2) is 12.0. The van der Waals surface area contributed by atoms with Crippen LogP contribution in [0.4, 0.5) is 5.82 Å². The number of ether oxygens (including phenoxy) is 3. The molecule has 3 fully saturated rings. The van der Waals surface area contributed by atoms with Crippen molar-refractivity contribution in [3.05, 3.63) is 35.2 Å². The molecule has 24 heteroatoms. The normalized spacial score (nSPS) is 36.6. The Bertz CT molecular complexity index is 1970. The fraction of sp³-hybridized carbons (Fsp3) is 0.565. The van der Waals surface area contributed by atoms with Crippen molar-refractivity contribution in [2.45, 2.75) is 62.9 Å². The molecule has 47 heavy (non-hydrogen) atoms. The van der Waals surface area contributed by atoms with Crippen LogP contribution in [0, 0.1) is 6.92 Å². The van der Waals surface area contributed by atoms with Crippen molar-refractivity contribution in [1.82, 2.24) is 39.0 Å². The van der Waals surface area contributed by atoms with E-state index in [9.17, 15) is 28.8 Å². The number of aromatic nitrogens is 8. The van der Waals surface area contributed by atoms with Gasteiger partial charge in [0.2, 0.25) is 0 Å². The van der Waals surface area contributed by atoms with Crippen molar-refractivity contribution in [3.63, 3.8) is 0 Å². The molecule has 2 bridgehead atoms. The number of nitrogens with one attached hydrogen (secondary N) is 1. The smallest absolute Gasteiger partial charge is 0.386 e. The number of anilines is 1. The van der Waals surface area contributed by atoms with Crippen LogP contribution in [-0.4, -0.2) is 110 Å². The number of aliphatic hydroxyl groups is 1. The maximum Gasteiger partial charge on any atom is 0.472 e. The lowest BCUT2D eigenvalue weighted by Crippen LogP contribution is -2.38. The fourth-order valence-corrected chi connectivity index (χ4v) is 7.66. The van der Waals surface area contributed by atoms with Gasteiger partial charge in [0, 0.05) is 6.61 Å². The number of nitrogens with two attached hydrogens (primary N) is 1. The number of imidazole rings is 2. The zero-order chi connectivity index (χ0) is 33.2. The second-order valence-corrected chi connectivity index (χ2v) is 13.6. The van der Waals surface area contributed by atoms with Gasteiger partial charge in [-0.05, 0) is 13.8 Å². The Kier molecular flexibility index (Phi) is 8.26. The average molecular weight is 701 g/mol. The van der Waals surface area contributed by atoms with Crippen LogP contribution >= 0.6 is 15.6 Å². The molecule has 3 aliphatic rings. The van der Waals surface area contributed by atoms with Crippen molar-refractivity contribution in [2.24, 2.45) is 0 Å². The van der Waals surface area contributed by atoms with Crippen molar-refractivity contribution in [2.75, 3.05) is 25.6 Å². The molecule has 7 rings (SSSR count). The van der Waals surface area contributed by atoms with E-state index in [1.165, 1.54) is 28.1 Å². The number of hydrogen-bond donors (Lipinski definition) is 5. The Morgan fingerprint density at radius 1 is 0.957 bits per heavy atom. The maximum absolute atomic E-state index is 13.5. The van der Waals surface area contributed by atoms with Gasteiger partial charge >= 0.3 is 15.6 Å². The van der Waals surface area contributed by atoms with Crippen LogP contribution < -0.4 is 11.3 Å². The van der Waals surface area contributed by atoms with Crippen LogP contribution in [-0.2, 0) is 41.4 Å². The number of H-pyrrole nitrogens is 1. The lowest BCUT2D eigenvalue weighted by molar-refractivity contribution is -0.0677. The van der Waals surface area contributed by atoms with E-state index in [4.69, 9.17) is 38.0 Å². The summed E-state index contributed by atoms with van der Waals surface area (Å²) >= 11 is 0. The number of phosphoric ester groups is 2. The third-order valence-electron chi connectivity index (χ3n) is 7.75. The number of aromatic amines is 1. The Morgan fingerprint density at radius 3 is 2.32 bits per heavy atom. The highest BCUT2D eigenvalue weighted by Crippen LogP contribution is 2.54. The summed E-state index contributed by atoms with van der Waals surface area (Å²) in [4.78, 5) is 57.2. The third kappa shape index (κ3) is 5.90. The zero-order valence-electron chi connectivity index (χ0n) is 24.5. The molecule has 4 aromatic rings. The van der Waals surface area contributed by atoms with Crippen LogP contribution in [0.25, 0.3) is 22.3 Å². The highest BCUT2D eigenvalue weighted by molar-refractivity contribution is 7.47. The van der Waals surface area contributed by atoms with E-state index < -0.39 is 83.5 Å². The molecule has 10 atom stereocenters. The number of aryl methyl sites for hydroxylation is 1. The van der Waals surface area contributed by atoms with Crippen molar-refractivity contribution < 1.29 is 56.3 Å². The first-order valence-electron chi connectivity index (χ1n) is 14.1. The lowest BCUT2D eigenvalue weighted by Gasteiger charge is -2.26. The monoisotopic (exact) mass is 701 g/mol. The average Bonchev–Trinajstić information content (AvgIpc) is 3.76. The molecule has 0 amide bonds. The maximum atomic E-state index is 13.5. The predicted molar refractivity (Wildman–Crippen MR) is 153 cm³/mol. The van der Waals surface area contributed by atoms with Gasteiger partial charge in [0.05, 0.1) is 25.9 Å². The van der Waals surface area contributed by atoms with Crippen LogP contribution in [0.5, 0.6) is 0 Å². The second-order valence-electron chi connectivity index (χ2n) is 10.8. The van der Waals surface area contributed by atoms with Crippen LogP contribution in [0.15, 0.2) is 23.8 Å². The first-order chi connectivity index (χ1) is 22.4. The fourth-order valence-electron chi connectivity index (χ4n) is 5.77. The Morgan fingerprint density at radius 2 is 1.60 bits per heavy atom. The summed E-state index contributed by atoms with van der Waals surface area (Å²) in [5.74, 6) is 0.306. The Hall–Kier alpha value is -3.24. The molecule has 4 unspecified atom stereocenters. The van der Waals surface area contributed by atoms with Gasteiger partial charge in [-0.1, -0.05) is 0 Å². The first kappa shape index (κ1) is 32.3. The van der Waals surface area contributed by atoms with Crippen molar-refractivity contribution in [1.29, 1.82) is 0 Å². The lowest BCUT2D eigenvalue weighted by atomic mass is 10.1. The quantitative estimate of drug-likeness (QED) is 0.166. The minimum absolute atomic E-state index is 0.0472. The molecule has 3 saturated heterocycles. The predicted octanol–water partition coefficient (Wildman–Crippen LogP) is -0.571. The topological polar surface area (TPSA) is 293 Å². The molecule has 0 spiro atoms. The summed E-state index contributed by atoms with van der Waals surface area (Å²) in [6.07, 6.45) is -7.54. The number of phosphoric acid groups is 2.